The molecule has 172 valence electrons. The van der Waals surface area contributed by atoms with Crippen molar-refractivity contribution in [2.24, 2.45) is 0 Å². The molecule has 10 heteroatoms. The van der Waals surface area contributed by atoms with E-state index in [-0.39, 0.29) is 32.8 Å². The zero-order valence-electron chi connectivity index (χ0n) is 17.1. The first kappa shape index (κ1) is 24.3. The van der Waals surface area contributed by atoms with E-state index >= 15 is 0 Å². The number of halogens is 4. The predicted octanol–water partition coefficient (Wildman–Crippen LogP) is 7.24. The maximum absolute atomic E-state index is 13.3. The van der Waals surface area contributed by atoms with Gasteiger partial charge in [-0.3, -0.25) is 14.5 Å². The van der Waals surface area contributed by atoms with Gasteiger partial charge in [0.25, 0.3) is 11.1 Å². The number of rotatable bonds is 5. The van der Waals surface area contributed by atoms with Crippen LogP contribution in [0, 0.1) is 5.82 Å². The lowest BCUT2D eigenvalue weighted by Gasteiger charge is -2.13. The summed E-state index contributed by atoms with van der Waals surface area (Å²) < 4.78 is 18.8. The maximum atomic E-state index is 13.3. The summed E-state index contributed by atoms with van der Waals surface area (Å²) in [5.41, 5.74) is 0.906. The molecule has 0 saturated carbocycles. The Kier molecular flexibility index (Phi) is 7.28. The van der Waals surface area contributed by atoms with Gasteiger partial charge in [-0.25, -0.2) is 9.18 Å². The number of carbonyl (C=O) groups excluding carboxylic acids is 3. The number of benzene rings is 3. The molecule has 0 aromatic heterocycles. The lowest BCUT2D eigenvalue weighted by molar-refractivity contribution is -0.123. The first-order valence-electron chi connectivity index (χ1n) is 9.68. The SMILES string of the molecule is O=C(Oc1ccc(Cl)cc1/C=C1\SC(=O)N(Cc2ccc(F)cc2Cl)C1=O)c1ccccc1Cl. The minimum Gasteiger partial charge on any atom is -0.422 e. The van der Waals surface area contributed by atoms with Crippen LogP contribution < -0.4 is 4.74 Å². The molecule has 0 N–H and O–H groups in total. The van der Waals surface area contributed by atoms with E-state index in [1.807, 2.05) is 0 Å². The number of esters is 1. The van der Waals surface area contributed by atoms with Crippen LogP contribution in [0.25, 0.3) is 6.08 Å². The Balaban J connectivity index is 1.60. The van der Waals surface area contributed by atoms with Crippen LogP contribution in [0.15, 0.2) is 65.6 Å². The third kappa shape index (κ3) is 5.28. The Labute approximate surface area is 213 Å². The molecular formula is C24H13Cl3FNO4S. The van der Waals surface area contributed by atoms with Gasteiger partial charge in [0.1, 0.15) is 11.6 Å². The fourth-order valence-corrected chi connectivity index (χ4v) is 4.55. The van der Waals surface area contributed by atoms with Gasteiger partial charge < -0.3 is 4.74 Å². The standard InChI is InChI=1S/C24H13Cl3FNO4S/c25-15-6-8-20(33-23(31)17-3-1-2-4-18(17)26)14(9-15)10-21-22(30)29(24(32)34-21)12-13-5-7-16(28)11-19(13)27/h1-11H,12H2/b21-10-. The average Bonchev–Trinajstić information content (AvgIpc) is 3.05. The second-order valence-corrected chi connectivity index (χ2v) is 9.30. The van der Waals surface area contributed by atoms with E-state index < -0.39 is 22.9 Å². The van der Waals surface area contributed by atoms with Gasteiger partial charge in [0.15, 0.2) is 0 Å². The van der Waals surface area contributed by atoms with Crippen molar-refractivity contribution in [2.45, 2.75) is 6.54 Å². The van der Waals surface area contributed by atoms with Crippen molar-refractivity contribution >= 4 is 69.8 Å². The van der Waals surface area contributed by atoms with Gasteiger partial charge in [-0.2, -0.15) is 0 Å². The summed E-state index contributed by atoms with van der Waals surface area (Å²) in [6.07, 6.45) is 1.41. The Bertz CT molecular complexity index is 1360. The number of ether oxygens (including phenoxy) is 1. The first-order valence-corrected chi connectivity index (χ1v) is 11.6. The molecule has 3 aromatic rings. The van der Waals surface area contributed by atoms with E-state index in [0.29, 0.717) is 27.9 Å². The van der Waals surface area contributed by atoms with Crippen LogP contribution in [0.5, 0.6) is 5.75 Å². The van der Waals surface area contributed by atoms with Crippen LogP contribution in [0.1, 0.15) is 21.5 Å². The molecule has 0 bridgehead atoms. The maximum Gasteiger partial charge on any atom is 0.345 e. The molecule has 1 heterocycles. The normalized spacial score (nSPS) is 14.7. The molecule has 5 nitrogen and oxygen atoms in total. The highest BCUT2D eigenvalue weighted by atomic mass is 35.5. The molecule has 0 spiro atoms. The smallest absolute Gasteiger partial charge is 0.345 e. The van der Waals surface area contributed by atoms with Crippen molar-refractivity contribution in [3.63, 3.8) is 0 Å². The third-order valence-electron chi connectivity index (χ3n) is 4.77. The largest absolute Gasteiger partial charge is 0.422 e. The number of imide groups is 1. The van der Waals surface area contributed by atoms with E-state index in [9.17, 15) is 18.8 Å². The van der Waals surface area contributed by atoms with E-state index in [0.717, 1.165) is 11.0 Å². The highest BCUT2D eigenvalue weighted by Gasteiger charge is 2.35. The van der Waals surface area contributed by atoms with Crippen LogP contribution in [-0.4, -0.2) is 22.0 Å². The molecular weight excluding hydrogens is 524 g/mol. The average molecular weight is 537 g/mol. The van der Waals surface area contributed by atoms with E-state index in [2.05, 4.69) is 0 Å². The van der Waals surface area contributed by atoms with E-state index in [1.54, 1.807) is 18.2 Å². The molecule has 1 aliphatic heterocycles. The summed E-state index contributed by atoms with van der Waals surface area (Å²) in [6, 6.07) is 14.6. The molecule has 1 aliphatic rings. The Morgan fingerprint density at radius 1 is 1.00 bits per heavy atom. The highest BCUT2D eigenvalue weighted by molar-refractivity contribution is 8.18. The number of nitrogens with zero attached hydrogens (tertiary/aromatic N) is 1. The third-order valence-corrected chi connectivity index (χ3v) is 6.60. The molecule has 3 aromatic carbocycles. The topological polar surface area (TPSA) is 63.7 Å². The molecule has 34 heavy (non-hydrogen) atoms. The van der Waals surface area contributed by atoms with Gasteiger partial charge in [0.2, 0.25) is 0 Å². The molecule has 0 radical (unpaired) electrons. The molecule has 1 saturated heterocycles. The van der Waals surface area contributed by atoms with Crippen molar-refractivity contribution in [1.82, 2.24) is 4.90 Å². The highest BCUT2D eigenvalue weighted by Crippen LogP contribution is 2.36. The molecule has 0 atom stereocenters. The first-order chi connectivity index (χ1) is 16.2. The van der Waals surface area contributed by atoms with Gasteiger partial charge >= 0.3 is 5.97 Å². The summed E-state index contributed by atoms with van der Waals surface area (Å²) in [4.78, 5) is 39.1. The van der Waals surface area contributed by atoms with Crippen LogP contribution >= 0.6 is 46.6 Å². The number of hydrogen-bond donors (Lipinski definition) is 0. The van der Waals surface area contributed by atoms with Gasteiger partial charge in [0, 0.05) is 15.6 Å². The summed E-state index contributed by atoms with van der Waals surface area (Å²) in [5.74, 6) is -1.66. The second-order valence-electron chi connectivity index (χ2n) is 7.06. The van der Waals surface area contributed by atoms with Gasteiger partial charge in [0.05, 0.1) is 22.0 Å². The van der Waals surface area contributed by atoms with Crippen LogP contribution in [0.4, 0.5) is 9.18 Å². The molecule has 2 amide bonds. The number of carbonyl (C=O) groups is 3. The number of thioether (sulfide) groups is 1. The van der Waals surface area contributed by atoms with Crippen LogP contribution in [-0.2, 0) is 11.3 Å². The van der Waals surface area contributed by atoms with Crippen LogP contribution in [0.3, 0.4) is 0 Å². The minimum atomic E-state index is -0.693. The fourth-order valence-electron chi connectivity index (χ4n) is 3.10. The number of hydrogen-bond acceptors (Lipinski definition) is 5. The second kappa shape index (κ2) is 10.2. The lowest BCUT2D eigenvalue weighted by atomic mass is 10.1. The lowest BCUT2D eigenvalue weighted by Crippen LogP contribution is -2.27. The van der Waals surface area contributed by atoms with E-state index in [1.165, 1.54) is 42.5 Å². The van der Waals surface area contributed by atoms with Crippen molar-refractivity contribution in [3.8, 4) is 5.75 Å². The van der Waals surface area contributed by atoms with Crippen molar-refractivity contribution in [2.75, 3.05) is 0 Å². The van der Waals surface area contributed by atoms with Crippen molar-refractivity contribution in [1.29, 1.82) is 0 Å². The molecule has 1 fully saturated rings. The fraction of sp³-hybridized carbons (Fsp3) is 0.0417. The van der Waals surface area contributed by atoms with E-state index in [4.69, 9.17) is 39.5 Å². The summed E-state index contributed by atoms with van der Waals surface area (Å²) in [5, 5.41) is 0.143. The van der Waals surface area contributed by atoms with Gasteiger partial charge in [-0.1, -0.05) is 53.0 Å². The Hall–Kier alpha value is -2.84. The summed E-state index contributed by atoms with van der Waals surface area (Å²) in [7, 11) is 0. The Morgan fingerprint density at radius 3 is 2.50 bits per heavy atom. The summed E-state index contributed by atoms with van der Waals surface area (Å²) in [6.45, 7) is -0.120. The zero-order chi connectivity index (χ0) is 24.4. The Morgan fingerprint density at radius 2 is 1.76 bits per heavy atom. The molecule has 0 aliphatic carbocycles. The monoisotopic (exact) mass is 535 g/mol. The van der Waals surface area contributed by atoms with Crippen molar-refractivity contribution in [3.05, 3.63) is 103 Å². The zero-order valence-corrected chi connectivity index (χ0v) is 20.1. The predicted molar refractivity (Wildman–Crippen MR) is 131 cm³/mol. The van der Waals surface area contributed by atoms with Crippen molar-refractivity contribution < 1.29 is 23.5 Å². The minimum absolute atomic E-state index is 0.0977. The van der Waals surface area contributed by atoms with Gasteiger partial charge in [-0.05, 0) is 65.9 Å². The molecule has 4 rings (SSSR count). The summed E-state index contributed by atoms with van der Waals surface area (Å²) >= 11 is 18.9. The quantitative estimate of drug-likeness (QED) is 0.195. The number of amides is 2. The van der Waals surface area contributed by atoms with Crippen LogP contribution in [0.2, 0.25) is 15.1 Å². The molecule has 0 unspecified atom stereocenters. The van der Waals surface area contributed by atoms with Gasteiger partial charge in [-0.15, -0.1) is 0 Å².